The summed E-state index contributed by atoms with van der Waals surface area (Å²) in [6.45, 7) is 0. The van der Waals surface area contributed by atoms with Crippen LogP contribution >= 0.6 is 0 Å². The summed E-state index contributed by atoms with van der Waals surface area (Å²) in [4.78, 5) is 21.1. The summed E-state index contributed by atoms with van der Waals surface area (Å²) in [6.07, 6.45) is 0.435. The first-order valence-electron chi connectivity index (χ1n) is 5.19. The molecule has 0 spiro atoms. The summed E-state index contributed by atoms with van der Waals surface area (Å²) < 4.78 is 31.2. The highest BCUT2D eigenvalue weighted by atomic mass is 19.1. The van der Waals surface area contributed by atoms with Crippen LogP contribution in [-0.2, 0) is 0 Å². The maximum absolute atomic E-state index is 13.4. The van der Waals surface area contributed by atoms with Gasteiger partial charge in [-0.25, -0.2) is 8.78 Å². The number of aldehydes is 1. The highest BCUT2D eigenvalue weighted by molar-refractivity contribution is 5.83. The average Bonchev–Trinajstić information content (AvgIpc) is 2.41. The predicted octanol–water partition coefficient (Wildman–Crippen LogP) is 3.97. The summed E-state index contributed by atoms with van der Waals surface area (Å²) in [5, 5.41) is 2.66. The molecule has 0 atom stereocenters. The second-order valence-corrected chi connectivity index (χ2v) is 3.61. The Morgan fingerprint density at radius 2 is 1.89 bits per heavy atom. The minimum absolute atomic E-state index is 0.0232. The minimum atomic E-state index is -0.870. The van der Waals surface area contributed by atoms with Crippen molar-refractivity contribution in [1.29, 1.82) is 0 Å². The molecular weight excluding hydrogens is 256 g/mol. The van der Waals surface area contributed by atoms with Crippen molar-refractivity contribution in [2.45, 2.75) is 0 Å². The summed E-state index contributed by atoms with van der Waals surface area (Å²) in [5.41, 5.74) is -0.0167. The molecule has 0 saturated heterocycles. The molecule has 0 aromatic heterocycles. The zero-order chi connectivity index (χ0) is 13.8. The van der Waals surface area contributed by atoms with Crippen LogP contribution in [0.15, 0.2) is 41.6 Å². The third-order valence-electron chi connectivity index (χ3n) is 2.35. The summed E-state index contributed by atoms with van der Waals surface area (Å²) in [7, 11) is 0. The van der Waals surface area contributed by atoms with Gasteiger partial charge >= 0.3 is 0 Å². The van der Waals surface area contributed by atoms with Gasteiger partial charge in [0, 0.05) is 11.6 Å². The lowest BCUT2D eigenvalue weighted by atomic mass is 10.2. The largest absolute Gasteiger partial charge is 0.454 e. The Balaban J connectivity index is 2.33. The fourth-order valence-electron chi connectivity index (χ4n) is 1.46. The minimum Gasteiger partial charge on any atom is -0.454 e. The molecule has 0 aliphatic heterocycles. The molecule has 0 bridgehead atoms. The molecule has 0 N–H and O–H groups in total. The second kappa shape index (κ2) is 5.34. The van der Waals surface area contributed by atoms with Crippen LogP contribution < -0.4 is 4.74 Å². The van der Waals surface area contributed by atoms with E-state index in [0.717, 1.165) is 12.1 Å². The third-order valence-corrected chi connectivity index (χ3v) is 2.35. The Labute approximate surface area is 106 Å². The van der Waals surface area contributed by atoms with Crippen LogP contribution in [0.5, 0.6) is 11.5 Å². The third kappa shape index (κ3) is 2.79. The maximum atomic E-state index is 13.4. The van der Waals surface area contributed by atoms with Crippen molar-refractivity contribution in [3.8, 4) is 11.5 Å². The number of benzene rings is 2. The van der Waals surface area contributed by atoms with E-state index in [2.05, 4.69) is 5.18 Å². The molecule has 2 aromatic rings. The van der Waals surface area contributed by atoms with Crippen molar-refractivity contribution >= 4 is 12.0 Å². The van der Waals surface area contributed by atoms with Gasteiger partial charge < -0.3 is 4.74 Å². The molecule has 0 saturated carbocycles. The van der Waals surface area contributed by atoms with E-state index < -0.39 is 11.6 Å². The molecule has 0 fully saturated rings. The number of nitrogens with zero attached hydrogens (tertiary/aromatic N) is 1. The summed E-state index contributed by atoms with van der Waals surface area (Å²) in [6, 6.07) is 6.71. The monoisotopic (exact) mass is 263 g/mol. The smallest absolute Gasteiger partial charge is 0.168 e. The zero-order valence-corrected chi connectivity index (χ0v) is 9.47. The van der Waals surface area contributed by atoms with Gasteiger partial charge in [-0.2, -0.15) is 0 Å². The number of ether oxygens (including phenoxy) is 1. The highest BCUT2D eigenvalue weighted by Gasteiger charge is 2.09. The van der Waals surface area contributed by atoms with E-state index >= 15 is 0 Å². The molecule has 96 valence electrons. The van der Waals surface area contributed by atoms with Crippen molar-refractivity contribution in [1.82, 2.24) is 0 Å². The van der Waals surface area contributed by atoms with E-state index in [-0.39, 0.29) is 22.7 Å². The van der Waals surface area contributed by atoms with Gasteiger partial charge in [-0.3, -0.25) is 4.79 Å². The highest BCUT2D eigenvalue weighted by Crippen LogP contribution is 2.28. The summed E-state index contributed by atoms with van der Waals surface area (Å²) >= 11 is 0. The Kier molecular flexibility index (Phi) is 3.61. The van der Waals surface area contributed by atoms with Gasteiger partial charge in [-0.1, -0.05) is 0 Å². The van der Waals surface area contributed by atoms with E-state index in [1.807, 2.05) is 0 Å². The van der Waals surface area contributed by atoms with E-state index in [1.54, 1.807) is 0 Å². The van der Waals surface area contributed by atoms with Crippen LogP contribution in [0.4, 0.5) is 14.5 Å². The lowest BCUT2D eigenvalue weighted by Gasteiger charge is -2.07. The van der Waals surface area contributed by atoms with Crippen molar-refractivity contribution in [2.75, 3.05) is 0 Å². The average molecular weight is 263 g/mol. The van der Waals surface area contributed by atoms with Crippen molar-refractivity contribution in [3.63, 3.8) is 0 Å². The van der Waals surface area contributed by atoms with E-state index in [1.165, 1.54) is 18.2 Å². The molecule has 0 aliphatic rings. The molecule has 4 nitrogen and oxygen atoms in total. The first-order valence-corrected chi connectivity index (χ1v) is 5.19. The topological polar surface area (TPSA) is 55.7 Å². The molecule has 0 unspecified atom stereocenters. The Bertz CT molecular complexity index is 644. The maximum Gasteiger partial charge on any atom is 0.168 e. The van der Waals surface area contributed by atoms with Gasteiger partial charge in [0.1, 0.15) is 17.3 Å². The fourth-order valence-corrected chi connectivity index (χ4v) is 1.46. The Morgan fingerprint density at radius 1 is 1.11 bits per heavy atom. The SMILES string of the molecule is O=Cc1cc(Oc2ccc(F)cc2F)ccc1N=O. The van der Waals surface area contributed by atoms with Crippen LogP contribution in [0, 0.1) is 16.5 Å². The van der Waals surface area contributed by atoms with Gasteiger partial charge in [-0.05, 0) is 35.5 Å². The zero-order valence-electron chi connectivity index (χ0n) is 9.47. The number of nitroso groups, excluding NO2 is 1. The number of carbonyl (C=O) groups excluding carboxylic acids is 1. The van der Waals surface area contributed by atoms with Crippen LogP contribution in [0.1, 0.15) is 10.4 Å². The second-order valence-electron chi connectivity index (χ2n) is 3.61. The van der Waals surface area contributed by atoms with Gasteiger partial charge in [0.2, 0.25) is 0 Å². The van der Waals surface area contributed by atoms with Crippen LogP contribution in [0.25, 0.3) is 0 Å². The first kappa shape index (κ1) is 12.8. The van der Waals surface area contributed by atoms with Gasteiger partial charge in [0.15, 0.2) is 17.9 Å². The number of halogens is 2. The molecule has 0 amide bonds. The van der Waals surface area contributed by atoms with E-state index in [0.29, 0.717) is 12.4 Å². The standard InChI is InChI=1S/C13H7F2NO3/c14-9-1-4-13(11(15)6-9)19-10-2-3-12(16-18)8(5-10)7-17/h1-7H. The molecule has 2 rings (SSSR count). The van der Waals surface area contributed by atoms with Crippen LogP contribution in [-0.4, -0.2) is 6.29 Å². The molecule has 19 heavy (non-hydrogen) atoms. The van der Waals surface area contributed by atoms with E-state index in [9.17, 15) is 18.5 Å². The normalized spacial score (nSPS) is 10.0. The van der Waals surface area contributed by atoms with Gasteiger partial charge in [0.25, 0.3) is 0 Å². The van der Waals surface area contributed by atoms with Crippen LogP contribution in [0.3, 0.4) is 0 Å². The molecular formula is C13H7F2NO3. The molecule has 0 heterocycles. The van der Waals surface area contributed by atoms with Gasteiger partial charge in [0.05, 0.1) is 0 Å². The molecule has 6 heteroatoms. The lowest BCUT2D eigenvalue weighted by Crippen LogP contribution is -1.91. The Morgan fingerprint density at radius 3 is 2.53 bits per heavy atom. The number of rotatable bonds is 4. The van der Waals surface area contributed by atoms with E-state index in [4.69, 9.17) is 4.74 Å². The summed E-state index contributed by atoms with van der Waals surface area (Å²) in [5.74, 6) is -1.64. The van der Waals surface area contributed by atoms with Crippen molar-refractivity contribution in [3.05, 3.63) is 58.5 Å². The number of carbonyl (C=O) groups is 1. The van der Waals surface area contributed by atoms with Crippen molar-refractivity contribution in [2.24, 2.45) is 5.18 Å². The lowest BCUT2D eigenvalue weighted by molar-refractivity contribution is 0.112. The quantitative estimate of drug-likeness (QED) is 0.619. The predicted molar refractivity (Wildman–Crippen MR) is 63.7 cm³/mol. The fraction of sp³-hybridized carbons (Fsp3) is 0. The number of hydrogen-bond acceptors (Lipinski definition) is 4. The molecule has 0 radical (unpaired) electrons. The van der Waals surface area contributed by atoms with Crippen LogP contribution in [0.2, 0.25) is 0 Å². The molecule has 0 aliphatic carbocycles. The molecule has 2 aromatic carbocycles. The van der Waals surface area contributed by atoms with Gasteiger partial charge in [-0.15, -0.1) is 4.91 Å². The first-order chi connectivity index (χ1) is 9.13. The Hall–Kier alpha value is -2.63. The van der Waals surface area contributed by atoms with Crippen molar-refractivity contribution < 1.29 is 18.3 Å². The number of hydrogen-bond donors (Lipinski definition) is 0.